The van der Waals surface area contributed by atoms with E-state index in [0.717, 1.165) is 18.9 Å². The molecule has 0 aromatic heterocycles. The lowest BCUT2D eigenvalue weighted by atomic mass is 10.1. The molecule has 2 fully saturated rings. The number of rotatable bonds is 1. The highest BCUT2D eigenvalue weighted by Gasteiger charge is 2.49. The standard InChI is InChI=1S/C8H12NO2/c1-11-8(10)7-6-4-5(6)2-3-9-7/h5,7,9H,2-4H2,1H3. The number of nitrogens with one attached hydrogen (secondary N) is 1. The fourth-order valence-corrected chi connectivity index (χ4v) is 1.75. The van der Waals surface area contributed by atoms with E-state index in [4.69, 9.17) is 0 Å². The highest BCUT2D eigenvalue weighted by Crippen LogP contribution is 2.48. The van der Waals surface area contributed by atoms with Crippen LogP contribution < -0.4 is 5.32 Å². The molecule has 3 heteroatoms. The lowest BCUT2D eigenvalue weighted by Gasteiger charge is -2.19. The first-order valence-electron chi connectivity index (χ1n) is 3.99. The Kier molecular flexibility index (Phi) is 1.60. The van der Waals surface area contributed by atoms with E-state index in [1.165, 1.54) is 19.4 Å². The van der Waals surface area contributed by atoms with Crippen molar-refractivity contribution in [3.8, 4) is 0 Å². The maximum absolute atomic E-state index is 11.1. The SMILES string of the molecule is COC(=O)C1NCCC2C[C]21. The largest absolute Gasteiger partial charge is 0.468 e. The molecule has 0 bridgehead atoms. The minimum absolute atomic E-state index is 0.0845. The van der Waals surface area contributed by atoms with Gasteiger partial charge in [-0.15, -0.1) is 0 Å². The quantitative estimate of drug-likeness (QED) is 0.545. The van der Waals surface area contributed by atoms with Crippen LogP contribution in [0.5, 0.6) is 0 Å². The van der Waals surface area contributed by atoms with Gasteiger partial charge < -0.3 is 10.1 Å². The van der Waals surface area contributed by atoms with Crippen molar-refractivity contribution in [1.29, 1.82) is 0 Å². The maximum atomic E-state index is 11.1. The Morgan fingerprint density at radius 1 is 1.73 bits per heavy atom. The normalized spacial score (nSPS) is 36.1. The third-order valence-electron chi connectivity index (χ3n) is 2.50. The van der Waals surface area contributed by atoms with Gasteiger partial charge >= 0.3 is 5.97 Å². The van der Waals surface area contributed by atoms with Crippen molar-refractivity contribution < 1.29 is 9.53 Å². The van der Waals surface area contributed by atoms with E-state index < -0.39 is 0 Å². The van der Waals surface area contributed by atoms with E-state index in [0.29, 0.717) is 0 Å². The van der Waals surface area contributed by atoms with Crippen molar-refractivity contribution in [3.05, 3.63) is 5.92 Å². The minimum atomic E-state index is -0.123. The molecule has 1 heterocycles. The van der Waals surface area contributed by atoms with Crippen LogP contribution in [-0.2, 0) is 9.53 Å². The molecule has 0 spiro atoms. The van der Waals surface area contributed by atoms with E-state index >= 15 is 0 Å². The number of piperidine rings is 1. The van der Waals surface area contributed by atoms with Crippen LogP contribution in [0.4, 0.5) is 0 Å². The lowest BCUT2D eigenvalue weighted by molar-refractivity contribution is -0.142. The minimum Gasteiger partial charge on any atom is -0.468 e. The zero-order chi connectivity index (χ0) is 7.84. The van der Waals surface area contributed by atoms with Crippen molar-refractivity contribution in [1.82, 2.24) is 5.32 Å². The maximum Gasteiger partial charge on any atom is 0.323 e. The zero-order valence-corrected chi connectivity index (χ0v) is 6.59. The van der Waals surface area contributed by atoms with Crippen LogP contribution in [0.2, 0.25) is 0 Å². The molecule has 61 valence electrons. The predicted octanol–water partition coefficient (Wildman–Crippen LogP) is 0.116. The van der Waals surface area contributed by atoms with Crippen LogP contribution in [0.3, 0.4) is 0 Å². The molecule has 0 aromatic carbocycles. The van der Waals surface area contributed by atoms with Crippen molar-refractivity contribution in [3.63, 3.8) is 0 Å². The second-order valence-electron chi connectivity index (χ2n) is 3.17. The van der Waals surface area contributed by atoms with Gasteiger partial charge in [-0.25, -0.2) is 0 Å². The summed E-state index contributed by atoms with van der Waals surface area (Å²) in [6.45, 7) is 0.952. The lowest BCUT2D eigenvalue weighted by Crippen LogP contribution is -2.42. The van der Waals surface area contributed by atoms with Crippen LogP contribution in [-0.4, -0.2) is 25.7 Å². The molecule has 1 radical (unpaired) electrons. The summed E-state index contributed by atoms with van der Waals surface area (Å²) >= 11 is 0. The molecule has 2 atom stereocenters. The van der Waals surface area contributed by atoms with Gasteiger partial charge in [-0.05, 0) is 25.3 Å². The van der Waals surface area contributed by atoms with Gasteiger partial charge in [0, 0.05) is 5.92 Å². The Balaban J connectivity index is 1.97. The molecule has 2 aliphatic rings. The van der Waals surface area contributed by atoms with Crippen LogP contribution >= 0.6 is 0 Å². The molecule has 1 aliphatic heterocycles. The fourth-order valence-electron chi connectivity index (χ4n) is 1.75. The molecular weight excluding hydrogens is 142 g/mol. The zero-order valence-electron chi connectivity index (χ0n) is 6.59. The molecule has 1 saturated carbocycles. The highest BCUT2D eigenvalue weighted by molar-refractivity contribution is 5.80. The number of hydrogen-bond acceptors (Lipinski definition) is 3. The average molecular weight is 154 g/mol. The number of hydrogen-bond donors (Lipinski definition) is 1. The average Bonchev–Trinajstić information content (AvgIpc) is 2.80. The van der Waals surface area contributed by atoms with Crippen LogP contribution in [0.25, 0.3) is 0 Å². The number of esters is 1. The fraction of sp³-hybridized carbons (Fsp3) is 0.750. The van der Waals surface area contributed by atoms with Crippen LogP contribution in [0.1, 0.15) is 12.8 Å². The first kappa shape index (κ1) is 7.10. The highest BCUT2D eigenvalue weighted by atomic mass is 16.5. The molecule has 1 aliphatic carbocycles. The molecule has 0 amide bonds. The predicted molar refractivity (Wildman–Crippen MR) is 39.8 cm³/mol. The molecule has 11 heavy (non-hydrogen) atoms. The molecule has 1 N–H and O–H groups in total. The monoisotopic (exact) mass is 154 g/mol. The van der Waals surface area contributed by atoms with Gasteiger partial charge in [0.1, 0.15) is 6.04 Å². The van der Waals surface area contributed by atoms with Crippen LogP contribution in [0, 0.1) is 11.8 Å². The van der Waals surface area contributed by atoms with Gasteiger partial charge in [0.25, 0.3) is 0 Å². The summed E-state index contributed by atoms with van der Waals surface area (Å²) in [7, 11) is 1.44. The Morgan fingerprint density at radius 2 is 2.55 bits per heavy atom. The first-order valence-corrected chi connectivity index (χ1v) is 3.99. The van der Waals surface area contributed by atoms with Gasteiger partial charge in [0.15, 0.2) is 0 Å². The van der Waals surface area contributed by atoms with Crippen molar-refractivity contribution in [2.45, 2.75) is 18.9 Å². The van der Waals surface area contributed by atoms with Gasteiger partial charge in [-0.1, -0.05) is 0 Å². The summed E-state index contributed by atoms with van der Waals surface area (Å²) in [4.78, 5) is 11.1. The van der Waals surface area contributed by atoms with E-state index in [1.54, 1.807) is 0 Å². The second-order valence-corrected chi connectivity index (χ2v) is 3.17. The van der Waals surface area contributed by atoms with Crippen LogP contribution in [0.15, 0.2) is 0 Å². The number of carbonyl (C=O) groups excluding carboxylic acids is 1. The third kappa shape index (κ3) is 1.13. The Morgan fingerprint density at radius 3 is 3.27 bits per heavy atom. The van der Waals surface area contributed by atoms with Gasteiger partial charge in [-0.3, -0.25) is 4.79 Å². The Hall–Kier alpha value is -0.570. The second kappa shape index (κ2) is 2.48. The van der Waals surface area contributed by atoms with Gasteiger partial charge in [-0.2, -0.15) is 0 Å². The summed E-state index contributed by atoms with van der Waals surface area (Å²) in [5.74, 6) is 1.95. The number of ether oxygens (including phenoxy) is 1. The summed E-state index contributed by atoms with van der Waals surface area (Å²) in [6, 6.07) is -0.0845. The smallest absolute Gasteiger partial charge is 0.323 e. The topological polar surface area (TPSA) is 38.3 Å². The molecule has 3 nitrogen and oxygen atoms in total. The summed E-state index contributed by atoms with van der Waals surface area (Å²) in [5.41, 5.74) is 0. The third-order valence-corrected chi connectivity index (χ3v) is 2.50. The van der Waals surface area contributed by atoms with E-state index in [2.05, 4.69) is 10.1 Å². The van der Waals surface area contributed by atoms with Crippen molar-refractivity contribution in [2.75, 3.05) is 13.7 Å². The van der Waals surface area contributed by atoms with Crippen molar-refractivity contribution in [2.24, 2.45) is 5.92 Å². The van der Waals surface area contributed by atoms with Gasteiger partial charge in [0.05, 0.1) is 7.11 Å². The van der Waals surface area contributed by atoms with E-state index in [-0.39, 0.29) is 12.0 Å². The van der Waals surface area contributed by atoms with Crippen molar-refractivity contribution >= 4 is 5.97 Å². The Labute approximate surface area is 66.1 Å². The molecule has 1 saturated heterocycles. The van der Waals surface area contributed by atoms with Gasteiger partial charge in [0.2, 0.25) is 0 Å². The molecule has 0 aromatic rings. The van der Waals surface area contributed by atoms with E-state index in [9.17, 15) is 4.79 Å². The first-order chi connectivity index (χ1) is 5.33. The summed E-state index contributed by atoms with van der Waals surface area (Å²) in [5, 5.41) is 3.15. The number of carbonyl (C=O) groups is 1. The number of methoxy groups -OCH3 is 1. The molecule has 2 rings (SSSR count). The molecular formula is C8H12NO2. The Bertz CT molecular complexity index is 181. The molecule has 2 unspecified atom stereocenters. The number of fused-ring (bicyclic) bond motifs is 1. The van der Waals surface area contributed by atoms with E-state index in [1.807, 2.05) is 0 Å². The summed E-state index contributed by atoms with van der Waals surface area (Å²) < 4.78 is 4.66. The summed E-state index contributed by atoms with van der Waals surface area (Å²) in [6.07, 6.45) is 2.33.